The number of pyridine rings is 1. The van der Waals surface area contributed by atoms with E-state index in [9.17, 15) is 28.7 Å². The fourth-order valence-electron chi connectivity index (χ4n) is 7.15. The Morgan fingerprint density at radius 3 is 2.30 bits per heavy atom. The molecule has 0 radical (unpaired) electrons. The maximum absolute atomic E-state index is 14.1. The lowest BCUT2D eigenvalue weighted by Gasteiger charge is -2.44. The van der Waals surface area contributed by atoms with Gasteiger partial charge in [0.05, 0.1) is 32.4 Å². The number of hydrogen-bond donors (Lipinski definition) is 1. The first kappa shape index (κ1) is 37.9. The summed E-state index contributed by atoms with van der Waals surface area (Å²) in [5.41, 5.74) is 1.83. The van der Waals surface area contributed by atoms with E-state index in [0.29, 0.717) is 39.4 Å². The van der Waals surface area contributed by atoms with Gasteiger partial charge in [-0.15, -0.1) is 0 Å². The van der Waals surface area contributed by atoms with Gasteiger partial charge in [0.15, 0.2) is 11.5 Å². The topological polar surface area (TPSA) is 125 Å². The summed E-state index contributed by atoms with van der Waals surface area (Å²) in [6.45, 7) is -0.584. The zero-order valence-electron chi connectivity index (χ0n) is 28.8. The lowest BCUT2D eigenvalue weighted by Crippen LogP contribution is -2.53. The van der Waals surface area contributed by atoms with Gasteiger partial charge in [-0.3, -0.25) is 15.0 Å². The van der Waals surface area contributed by atoms with E-state index >= 15 is 0 Å². The highest BCUT2D eigenvalue weighted by Gasteiger charge is 2.38. The molecule has 3 saturated heterocycles. The number of hydrogen-bond acceptors (Lipinski definition) is 9. The number of ether oxygens (including phenoxy) is 4. The summed E-state index contributed by atoms with van der Waals surface area (Å²) >= 11 is 13.1. The first-order chi connectivity index (χ1) is 25.4. The molecular formula is C38H37Cl2F2N3O8. The molecule has 1 amide bonds. The van der Waals surface area contributed by atoms with Gasteiger partial charge >= 0.3 is 12.7 Å². The number of carboxylic acids is 1. The molecular weight excluding hydrogens is 735 g/mol. The molecule has 4 heterocycles. The highest BCUT2D eigenvalue weighted by atomic mass is 35.5. The second-order valence-electron chi connectivity index (χ2n) is 12.9. The van der Waals surface area contributed by atoms with Gasteiger partial charge < -0.3 is 28.8 Å². The van der Waals surface area contributed by atoms with Crippen LogP contribution in [0.5, 0.6) is 17.2 Å². The van der Waals surface area contributed by atoms with E-state index in [0.717, 1.165) is 25.9 Å². The van der Waals surface area contributed by atoms with Crippen molar-refractivity contribution in [2.75, 3.05) is 38.8 Å². The minimum atomic E-state index is -3.12. The van der Waals surface area contributed by atoms with Crippen LogP contribution in [0.3, 0.4) is 0 Å². The average molecular weight is 773 g/mol. The molecule has 1 aromatic heterocycles. The van der Waals surface area contributed by atoms with Crippen molar-refractivity contribution in [3.63, 3.8) is 0 Å². The molecule has 1 N–H and O–H groups in total. The molecule has 3 aliphatic heterocycles. The number of halogens is 4. The van der Waals surface area contributed by atoms with Crippen molar-refractivity contribution in [2.24, 2.45) is 5.92 Å². The van der Waals surface area contributed by atoms with Gasteiger partial charge in [0.2, 0.25) is 12.4 Å². The van der Waals surface area contributed by atoms with Crippen molar-refractivity contribution in [1.29, 1.82) is 0 Å². The van der Waals surface area contributed by atoms with E-state index in [2.05, 4.69) is 9.64 Å². The Hall–Kier alpha value is -4.85. The zero-order valence-corrected chi connectivity index (χ0v) is 30.4. The number of aromatic nitrogens is 1. The zero-order chi connectivity index (χ0) is 37.8. The highest BCUT2D eigenvalue weighted by Crippen LogP contribution is 2.40. The minimum Gasteiger partial charge on any atom is -0.545 e. The molecule has 15 heteroatoms. The average Bonchev–Trinajstić information content (AvgIpc) is 3.14. The van der Waals surface area contributed by atoms with Crippen LogP contribution in [-0.2, 0) is 17.7 Å². The number of piperidine rings is 3. The van der Waals surface area contributed by atoms with Gasteiger partial charge in [-0.1, -0.05) is 59.6 Å². The molecule has 3 aliphatic rings. The largest absolute Gasteiger partial charge is 0.545 e. The summed E-state index contributed by atoms with van der Waals surface area (Å²) in [5, 5.41) is 22.9. The number of fused-ring (bicyclic) bond motifs is 3. The van der Waals surface area contributed by atoms with E-state index in [1.165, 1.54) is 55.8 Å². The summed E-state index contributed by atoms with van der Waals surface area (Å²) < 4.78 is 48.9. The van der Waals surface area contributed by atoms with Crippen LogP contribution in [0.2, 0.25) is 10.0 Å². The monoisotopic (exact) mass is 771 g/mol. The third kappa shape index (κ3) is 8.53. The number of carboxylic acid groups (broad SMARTS) is 1. The molecule has 0 saturated carbocycles. The fraction of sp³-hybridized carbons (Fsp3) is 0.342. The van der Waals surface area contributed by atoms with Crippen molar-refractivity contribution in [3.05, 3.63) is 111 Å². The molecule has 7 rings (SSSR count). The van der Waals surface area contributed by atoms with Gasteiger partial charge in [0, 0.05) is 28.3 Å². The Morgan fingerprint density at radius 2 is 1.68 bits per heavy atom. The quantitative estimate of drug-likeness (QED) is 0.127. The van der Waals surface area contributed by atoms with E-state index in [-0.39, 0.29) is 57.7 Å². The Labute approximate surface area is 314 Å². The summed E-state index contributed by atoms with van der Waals surface area (Å²) in [7, 11) is 2.78. The van der Waals surface area contributed by atoms with Crippen LogP contribution in [0.15, 0.2) is 73.1 Å². The van der Waals surface area contributed by atoms with E-state index < -0.39 is 24.6 Å². The number of para-hydroxylation sites is 2. The number of methoxy groups -OCH3 is 2. The molecule has 0 aliphatic carbocycles. The smallest absolute Gasteiger partial charge is 0.415 e. The molecule has 4 aromatic rings. The molecule has 2 atom stereocenters. The lowest BCUT2D eigenvalue weighted by molar-refractivity contribution is -0.904. The third-order valence-corrected chi connectivity index (χ3v) is 10.4. The standard InChI is InChI=1S/C38H37Cl2F2N3O8/c1-50-32-6-4-3-5-31(32)45(38(48)53-35-21-43-13-11-23(35)12-14-43)18-22-7-9-25(36(46)47)27(15-22)26(17-28-29(39)19-44(49)20-30(28)40)24-8-10-33(52-37(41)42)34(16-24)51-2/h3-10,15-16,19-20,23,26,35,37H,11-14,17-18,21H2,1-2H3,(H-,46,47,49)/t26-,35-/m0/s1. The second-order valence-corrected chi connectivity index (χ2v) is 13.7. The molecule has 53 heavy (non-hydrogen) atoms. The normalized spacial score (nSPS) is 18.4. The number of carbonyl (C=O) groups excluding carboxylic acids is 2. The molecule has 3 fully saturated rings. The van der Waals surface area contributed by atoms with Gasteiger partial charge in [-0.25, -0.2) is 4.79 Å². The Kier molecular flexibility index (Phi) is 11.8. The number of amides is 1. The fourth-order valence-corrected chi connectivity index (χ4v) is 7.75. The highest BCUT2D eigenvalue weighted by molar-refractivity contribution is 6.35. The van der Waals surface area contributed by atoms with Crippen molar-refractivity contribution < 1.29 is 52.4 Å². The minimum absolute atomic E-state index is 0.0156. The molecule has 2 bridgehead atoms. The Bertz CT molecular complexity index is 1950. The van der Waals surface area contributed by atoms with Crippen molar-refractivity contribution in [3.8, 4) is 17.2 Å². The molecule has 3 aromatic carbocycles. The number of alkyl halides is 2. The summed E-state index contributed by atoms with van der Waals surface area (Å²) in [5.74, 6) is -1.93. The van der Waals surface area contributed by atoms with Crippen molar-refractivity contribution in [2.45, 2.75) is 44.4 Å². The van der Waals surface area contributed by atoms with Gasteiger partial charge in [0.25, 0.3) is 0 Å². The number of nitrogens with zero attached hydrogens (tertiary/aromatic N) is 3. The van der Waals surface area contributed by atoms with Crippen LogP contribution >= 0.6 is 23.2 Å². The van der Waals surface area contributed by atoms with Gasteiger partial charge in [0.1, 0.15) is 21.9 Å². The number of anilines is 1. The number of rotatable bonds is 13. The summed E-state index contributed by atoms with van der Waals surface area (Å²) in [6.07, 6.45) is 3.44. The van der Waals surface area contributed by atoms with E-state index in [1.54, 1.807) is 36.4 Å². The number of benzene rings is 3. The Balaban J connectivity index is 1.45. The van der Waals surface area contributed by atoms with Crippen molar-refractivity contribution in [1.82, 2.24) is 4.90 Å². The van der Waals surface area contributed by atoms with Gasteiger partial charge in [-0.05, 0) is 79.2 Å². The van der Waals surface area contributed by atoms with E-state index in [1.807, 2.05) is 0 Å². The maximum Gasteiger partial charge on any atom is 0.415 e. The SMILES string of the molecule is COc1cc([C@H](Cc2c(Cl)c[n+](O)cc2Cl)c2cc(CN(C(=O)O[C@H]3CN4CCC3CC4)c3ccccc3OC)ccc2C(=O)[O-])ccc1OC(F)F. The van der Waals surface area contributed by atoms with E-state index in [4.69, 9.17) is 37.4 Å². The van der Waals surface area contributed by atoms with Crippen LogP contribution in [0.4, 0.5) is 19.3 Å². The lowest BCUT2D eigenvalue weighted by atomic mass is 9.82. The molecule has 280 valence electrons. The van der Waals surface area contributed by atoms with Crippen LogP contribution < -0.4 is 28.9 Å². The molecule has 0 spiro atoms. The third-order valence-electron chi connectivity index (χ3n) is 9.78. The van der Waals surface area contributed by atoms with Crippen LogP contribution in [0.25, 0.3) is 0 Å². The summed E-state index contributed by atoms with van der Waals surface area (Å²) in [4.78, 5) is 30.5. The van der Waals surface area contributed by atoms with Crippen LogP contribution in [-0.4, -0.2) is 68.7 Å². The van der Waals surface area contributed by atoms with Gasteiger partial charge in [-0.2, -0.15) is 8.78 Å². The first-order valence-electron chi connectivity index (χ1n) is 16.8. The Morgan fingerprint density at radius 1 is 0.981 bits per heavy atom. The summed E-state index contributed by atoms with van der Waals surface area (Å²) in [6, 6.07) is 15.8. The van der Waals surface area contributed by atoms with Crippen LogP contribution in [0, 0.1) is 5.92 Å². The van der Waals surface area contributed by atoms with Crippen LogP contribution in [0.1, 0.15) is 51.4 Å². The van der Waals surface area contributed by atoms with Crippen molar-refractivity contribution >= 4 is 41.0 Å². The number of carbonyl (C=O) groups is 2. The second kappa shape index (κ2) is 16.4. The maximum atomic E-state index is 14.1. The predicted molar refractivity (Wildman–Crippen MR) is 188 cm³/mol. The molecule has 0 unspecified atom stereocenters. The predicted octanol–water partition coefficient (Wildman–Crippen LogP) is 6.11. The molecule has 11 nitrogen and oxygen atoms in total. The number of aromatic carboxylic acids is 1. The first-order valence-corrected chi connectivity index (χ1v) is 17.6.